The predicted molar refractivity (Wildman–Crippen MR) is 110 cm³/mol. The summed E-state index contributed by atoms with van der Waals surface area (Å²) in [6.45, 7) is 3.88. The lowest BCUT2D eigenvalue weighted by atomic mass is 10.2. The molecule has 0 unspecified atom stereocenters. The Labute approximate surface area is 174 Å². The zero-order valence-corrected chi connectivity index (χ0v) is 17.3. The van der Waals surface area contributed by atoms with Gasteiger partial charge in [0.2, 0.25) is 0 Å². The predicted octanol–water partition coefficient (Wildman–Crippen LogP) is 3.06. The Morgan fingerprint density at radius 1 is 1.41 bits per heavy atom. The fraction of sp³-hybridized carbons (Fsp3) is 0.450. The van der Waals surface area contributed by atoms with E-state index in [0.29, 0.717) is 35.8 Å². The molecule has 1 fully saturated rings. The van der Waals surface area contributed by atoms with Crippen LogP contribution in [0, 0.1) is 0 Å². The monoisotopic (exact) mass is 420 g/mol. The first-order valence-electron chi connectivity index (χ1n) is 9.57. The van der Waals surface area contributed by atoms with Crippen molar-refractivity contribution in [2.75, 3.05) is 32.2 Å². The van der Waals surface area contributed by atoms with Crippen LogP contribution >= 0.6 is 11.6 Å². The lowest BCUT2D eigenvalue weighted by Crippen LogP contribution is -2.28. The average molecular weight is 421 g/mol. The molecule has 0 spiro atoms. The molecule has 2 aromatic rings. The molecular formula is C20H25ClN4O4. The van der Waals surface area contributed by atoms with Crippen LogP contribution in [0.25, 0.3) is 0 Å². The molecule has 0 bridgehead atoms. The Hall–Kier alpha value is -2.58. The molecule has 1 aromatic carbocycles. The first-order chi connectivity index (χ1) is 14.1. The van der Waals surface area contributed by atoms with E-state index >= 15 is 0 Å². The van der Waals surface area contributed by atoms with Gasteiger partial charge in [-0.05, 0) is 44.0 Å². The van der Waals surface area contributed by atoms with E-state index in [1.54, 1.807) is 26.2 Å². The van der Waals surface area contributed by atoms with E-state index in [-0.39, 0.29) is 18.2 Å². The third-order valence-corrected chi connectivity index (χ3v) is 4.81. The van der Waals surface area contributed by atoms with E-state index in [1.165, 1.54) is 6.20 Å². The number of carbonyl (C=O) groups is 1. The third-order valence-electron chi connectivity index (χ3n) is 4.51. The standard InChI is InChI=1S/C20H25ClN4O4/c1-3-28-19(26)15-11-24-20(29-12-14-5-4-8-22-14)25-18(15)23-10-13-6-7-17(27-2)16(21)9-13/h6-7,9,11,14,22H,3-5,8,10,12H2,1-2H3,(H,23,24,25)/t14-/m0/s1. The Morgan fingerprint density at radius 2 is 2.28 bits per heavy atom. The van der Waals surface area contributed by atoms with Crippen molar-refractivity contribution < 1.29 is 19.0 Å². The molecule has 1 aliphatic heterocycles. The summed E-state index contributed by atoms with van der Waals surface area (Å²) < 4.78 is 16.0. The van der Waals surface area contributed by atoms with E-state index in [0.717, 1.165) is 24.9 Å². The summed E-state index contributed by atoms with van der Waals surface area (Å²) in [4.78, 5) is 20.8. The molecule has 156 valence electrons. The van der Waals surface area contributed by atoms with Crippen LogP contribution < -0.4 is 20.1 Å². The summed E-state index contributed by atoms with van der Waals surface area (Å²) in [6, 6.07) is 5.96. The third kappa shape index (κ3) is 5.71. The Morgan fingerprint density at radius 3 is 2.97 bits per heavy atom. The molecule has 1 aliphatic rings. The highest BCUT2D eigenvalue weighted by Crippen LogP contribution is 2.25. The molecule has 0 aliphatic carbocycles. The van der Waals surface area contributed by atoms with Gasteiger partial charge in [-0.15, -0.1) is 0 Å². The molecule has 1 aromatic heterocycles. The van der Waals surface area contributed by atoms with Crippen molar-refractivity contribution in [3.8, 4) is 11.8 Å². The molecule has 0 radical (unpaired) electrons. The number of nitrogens with one attached hydrogen (secondary N) is 2. The second-order valence-electron chi connectivity index (χ2n) is 6.56. The van der Waals surface area contributed by atoms with Gasteiger partial charge in [0.05, 0.1) is 24.9 Å². The van der Waals surface area contributed by atoms with Gasteiger partial charge in [0.25, 0.3) is 0 Å². The fourth-order valence-electron chi connectivity index (χ4n) is 3.01. The number of benzene rings is 1. The van der Waals surface area contributed by atoms with Crippen molar-refractivity contribution in [2.45, 2.75) is 32.4 Å². The van der Waals surface area contributed by atoms with E-state index in [1.807, 2.05) is 6.07 Å². The highest BCUT2D eigenvalue weighted by Gasteiger charge is 2.19. The van der Waals surface area contributed by atoms with Crippen LogP contribution in [-0.4, -0.2) is 48.8 Å². The average Bonchev–Trinajstić information content (AvgIpc) is 3.24. The molecule has 9 heteroatoms. The van der Waals surface area contributed by atoms with E-state index < -0.39 is 5.97 Å². The zero-order valence-electron chi connectivity index (χ0n) is 16.5. The minimum atomic E-state index is -0.494. The number of hydrogen-bond acceptors (Lipinski definition) is 8. The summed E-state index contributed by atoms with van der Waals surface area (Å²) in [5.41, 5.74) is 1.15. The summed E-state index contributed by atoms with van der Waals surface area (Å²) in [5.74, 6) is 0.451. The largest absolute Gasteiger partial charge is 0.495 e. The maximum absolute atomic E-state index is 12.3. The van der Waals surface area contributed by atoms with Crippen LogP contribution in [0.15, 0.2) is 24.4 Å². The van der Waals surface area contributed by atoms with Crippen LogP contribution in [0.3, 0.4) is 0 Å². The van der Waals surface area contributed by atoms with Crippen LogP contribution in [0.1, 0.15) is 35.7 Å². The minimum Gasteiger partial charge on any atom is -0.495 e. The number of anilines is 1. The number of carbonyl (C=O) groups excluding carboxylic acids is 1. The summed E-state index contributed by atoms with van der Waals surface area (Å²) in [5, 5.41) is 7.02. The lowest BCUT2D eigenvalue weighted by molar-refractivity contribution is 0.0526. The number of nitrogens with zero attached hydrogens (tertiary/aromatic N) is 2. The van der Waals surface area contributed by atoms with E-state index in [9.17, 15) is 4.79 Å². The molecule has 8 nitrogen and oxygen atoms in total. The topological polar surface area (TPSA) is 94.6 Å². The minimum absolute atomic E-state index is 0.210. The number of aromatic nitrogens is 2. The number of ether oxygens (including phenoxy) is 3. The molecule has 1 saturated heterocycles. The number of hydrogen-bond donors (Lipinski definition) is 2. The van der Waals surface area contributed by atoms with Crippen LogP contribution in [0.5, 0.6) is 11.8 Å². The van der Waals surface area contributed by atoms with Crippen LogP contribution in [0.4, 0.5) is 5.82 Å². The first-order valence-corrected chi connectivity index (χ1v) is 9.95. The highest BCUT2D eigenvalue weighted by molar-refractivity contribution is 6.32. The number of methoxy groups -OCH3 is 1. The first kappa shape index (κ1) is 21.1. The molecule has 3 rings (SSSR count). The van der Waals surface area contributed by atoms with Crippen molar-refractivity contribution in [1.82, 2.24) is 15.3 Å². The SMILES string of the molecule is CCOC(=O)c1cnc(OC[C@@H]2CCCN2)nc1NCc1ccc(OC)c(Cl)c1. The summed E-state index contributed by atoms with van der Waals surface area (Å²) >= 11 is 6.18. The van der Waals surface area contributed by atoms with E-state index in [2.05, 4.69) is 20.6 Å². The second-order valence-corrected chi connectivity index (χ2v) is 6.97. The van der Waals surface area contributed by atoms with Crippen molar-refractivity contribution >= 4 is 23.4 Å². The molecule has 2 heterocycles. The quantitative estimate of drug-likeness (QED) is 0.598. The van der Waals surface area contributed by atoms with Crippen molar-refractivity contribution in [1.29, 1.82) is 0 Å². The van der Waals surface area contributed by atoms with Crippen molar-refractivity contribution in [2.24, 2.45) is 0 Å². The van der Waals surface area contributed by atoms with Gasteiger partial charge in [0.15, 0.2) is 0 Å². The Balaban J connectivity index is 1.74. The molecular weight excluding hydrogens is 396 g/mol. The Kier molecular flexibility index (Phi) is 7.48. The zero-order chi connectivity index (χ0) is 20.6. The van der Waals surface area contributed by atoms with Gasteiger partial charge >= 0.3 is 12.0 Å². The molecule has 2 N–H and O–H groups in total. The van der Waals surface area contributed by atoms with Gasteiger partial charge in [-0.25, -0.2) is 9.78 Å². The van der Waals surface area contributed by atoms with Crippen molar-refractivity contribution in [3.05, 3.63) is 40.5 Å². The number of halogens is 1. The van der Waals surface area contributed by atoms with E-state index in [4.69, 9.17) is 25.8 Å². The number of rotatable bonds is 9. The van der Waals surface area contributed by atoms with Crippen LogP contribution in [0.2, 0.25) is 5.02 Å². The maximum atomic E-state index is 12.3. The molecule has 0 amide bonds. The summed E-state index contributed by atoms with van der Waals surface area (Å²) in [6.07, 6.45) is 3.61. The molecule has 0 saturated carbocycles. The summed E-state index contributed by atoms with van der Waals surface area (Å²) in [7, 11) is 1.56. The van der Waals surface area contributed by atoms with Gasteiger partial charge in [0.1, 0.15) is 23.7 Å². The normalized spacial score (nSPS) is 15.8. The van der Waals surface area contributed by atoms with Gasteiger partial charge in [-0.3, -0.25) is 0 Å². The maximum Gasteiger partial charge on any atom is 0.343 e. The molecule has 29 heavy (non-hydrogen) atoms. The van der Waals surface area contributed by atoms with Crippen molar-refractivity contribution in [3.63, 3.8) is 0 Å². The van der Waals surface area contributed by atoms with Crippen LogP contribution in [-0.2, 0) is 11.3 Å². The number of esters is 1. The highest BCUT2D eigenvalue weighted by atomic mass is 35.5. The van der Waals surface area contributed by atoms with Gasteiger partial charge in [-0.2, -0.15) is 4.98 Å². The second kappa shape index (κ2) is 10.3. The van der Waals surface area contributed by atoms with Gasteiger partial charge in [0, 0.05) is 12.6 Å². The fourth-order valence-corrected chi connectivity index (χ4v) is 3.29. The van der Waals surface area contributed by atoms with Gasteiger partial charge < -0.3 is 24.8 Å². The van der Waals surface area contributed by atoms with Gasteiger partial charge in [-0.1, -0.05) is 17.7 Å². The molecule has 1 atom stereocenters. The smallest absolute Gasteiger partial charge is 0.343 e. The Bertz CT molecular complexity index is 843. The lowest BCUT2D eigenvalue weighted by Gasteiger charge is -2.14.